The summed E-state index contributed by atoms with van der Waals surface area (Å²) >= 11 is 0. The molecule has 156 valence electrons. The van der Waals surface area contributed by atoms with Gasteiger partial charge in [0, 0.05) is 6.42 Å². The van der Waals surface area contributed by atoms with Crippen LogP contribution in [0.5, 0.6) is 11.5 Å². The standard InChI is InChI=1S/C21H31NO6/c1-12(2)18(21(25)26)9-19(24)28-17-7-14(4)20(15(5)8-17)27-11-13(3)6-16(23)10-22/h7-8,12-13,18H,6,9-11,22H2,1-5H3,(H,25,26)/t13?,18-/m0/s1. The summed E-state index contributed by atoms with van der Waals surface area (Å²) in [4.78, 5) is 34.8. The Kier molecular flexibility index (Phi) is 9.12. The number of ketones is 1. The minimum Gasteiger partial charge on any atom is -0.493 e. The fourth-order valence-electron chi connectivity index (χ4n) is 2.91. The molecule has 0 saturated heterocycles. The van der Waals surface area contributed by atoms with Gasteiger partial charge in [-0.3, -0.25) is 14.4 Å². The van der Waals surface area contributed by atoms with Crippen LogP contribution in [-0.4, -0.2) is 36.0 Å². The minimum absolute atomic E-state index is 0.00660. The van der Waals surface area contributed by atoms with Gasteiger partial charge < -0.3 is 20.3 Å². The first-order chi connectivity index (χ1) is 13.0. The number of rotatable bonds is 11. The van der Waals surface area contributed by atoms with E-state index in [-0.39, 0.29) is 30.6 Å². The number of aryl methyl sites for hydroxylation is 2. The average molecular weight is 393 g/mol. The van der Waals surface area contributed by atoms with Crippen LogP contribution in [0, 0.1) is 31.6 Å². The lowest BCUT2D eigenvalue weighted by atomic mass is 9.93. The van der Waals surface area contributed by atoms with Crippen LogP contribution in [-0.2, 0) is 14.4 Å². The molecule has 1 rings (SSSR count). The van der Waals surface area contributed by atoms with Crippen molar-refractivity contribution in [2.45, 2.75) is 47.5 Å². The third-order valence-electron chi connectivity index (χ3n) is 4.49. The molecule has 0 heterocycles. The normalized spacial score (nSPS) is 13.1. The van der Waals surface area contributed by atoms with E-state index in [1.807, 2.05) is 20.8 Å². The molecule has 0 amide bonds. The van der Waals surface area contributed by atoms with E-state index < -0.39 is 17.9 Å². The number of hydrogen-bond acceptors (Lipinski definition) is 6. The van der Waals surface area contributed by atoms with Gasteiger partial charge in [-0.05, 0) is 48.9 Å². The predicted molar refractivity (Wildman–Crippen MR) is 105 cm³/mol. The van der Waals surface area contributed by atoms with E-state index >= 15 is 0 Å². The molecule has 1 aromatic carbocycles. The van der Waals surface area contributed by atoms with Crippen LogP contribution >= 0.6 is 0 Å². The second-order valence-electron chi connectivity index (χ2n) is 7.62. The zero-order valence-corrected chi connectivity index (χ0v) is 17.3. The first-order valence-electron chi connectivity index (χ1n) is 9.44. The SMILES string of the molecule is Cc1cc(OC(=O)C[C@H](C(=O)O)C(C)C)cc(C)c1OCC(C)CC(=O)CN. The number of carboxylic acids is 1. The number of carboxylic acid groups (broad SMARTS) is 1. The molecule has 0 saturated carbocycles. The van der Waals surface area contributed by atoms with E-state index in [1.165, 1.54) is 0 Å². The summed E-state index contributed by atoms with van der Waals surface area (Å²) in [6.45, 7) is 9.52. The van der Waals surface area contributed by atoms with E-state index in [0.717, 1.165) is 11.1 Å². The maximum Gasteiger partial charge on any atom is 0.312 e. The highest BCUT2D eigenvalue weighted by atomic mass is 16.5. The van der Waals surface area contributed by atoms with E-state index in [2.05, 4.69) is 0 Å². The summed E-state index contributed by atoms with van der Waals surface area (Å²) in [6, 6.07) is 3.36. The van der Waals surface area contributed by atoms with E-state index in [1.54, 1.807) is 26.0 Å². The quantitative estimate of drug-likeness (QED) is 0.438. The number of carbonyl (C=O) groups is 3. The maximum absolute atomic E-state index is 12.1. The van der Waals surface area contributed by atoms with Crippen molar-refractivity contribution in [2.24, 2.45) is 23.5 Å². The summed E-state index contributed by atoms with van der Waals surface area (Å²) < 4.78 is 11.2. The molecule has 3 N–H and O–H groups in total. The molecule has 1 unspecified atom stereocenters. The molecule has 2 atom stereocenters. The Hall–Kier alpha value is -2.41. The first-order valence-corrected chi connectivity index (χ1v) is 9.44. The first kappa shape index (κ1) is 23.6. The second-order valence-corrected chi connectivity index (χ2v) is 7.62. The number of aliphatic carboxylic acids is 1. The summed E-state index contributed by atoms with van der Waals surface area (Å²) in [5.74, 6) is -1.48. The Morgan fingerprint density at radius 2 is 1.64 bits per heavy atom. The molecule has 7 heteroatoms. The Morgan fingerprint density at radius 3 is 2.11 bits per heavy atom. The van der Waals surface area contributed by atoms with Gasteiger partial charge in [-0.25, -0.2) is 0 Å². The third kappa shape index (κ3) is 7.31. The smallest absolute Gasteiger partial charge is 0.312 e. The second kappa shape index (κ2) is 10.8. The van der Waals surface area contributed by atoms with Crippen molar-refractivity contribution in [1.82, 2.24) is 0 Å². The molecule has 0 aromatic heterocycles. The van der Waals surface area contributed by atoms with E-state index in [0.29, 0.717) is 24.5 Å². The highest BCUT2D eigenvalue weighted by Gasteiger charge is 2.26. The molecule has 1 aromatic rings. The molecule has 0 aliphatic carbocycles. The molecule has 0 aliphatic heterocycles. The highest BCUT2D eigenvalue weighted by Crippen LogP contribution is 2.29. The molecule has 28 heavy (non-hydrogen) atoms. The monoisotopic (exact) mass is 393 g/mol. The van der Waals surface area contributed by atoms with Crippen molar-refractivity contribution in [3.8, 4) is 11.5 Å². The third-order valence-corrected chi connectivity index (χ3v) is 4.49. The lowest BCUT2D eigenvalue weighted by molar-refractivity contribution is -0.148. The van der Waals surface area contributed by atoms with Gasteiger partial charge in [0.15, 0.2) is 0 Å². The van der Waals surface area contributed by atoms with Crippen molar-refractivity contribution in [3.63, 3.8) is 0 Å². The Bertz CT molecular complexity index is 690. The maximum atomic E-state index is 12.1. The van der Waals surface area contributed by atoms with Gasteiger partial charge in [0.05, 0.1) is 25.5 Å². The van der Waals surface area contributed by atoms with Gasteiger partial charge in [-0.15, -0.1) is 0 Å². The zero-order chi connectivity index (χ0) is 21.4. The number of benzene rings is 1. The molecular weight excluding hydrogens is 362 g/mol. The van der Waals surface area contributed by atoms with Crippen LogP contribution in [0.1, 0.15) is 44.7 Å². The van der Waals surface area contributed by atoms with Crippen LogP contribution < -0.4 is 15.2 Å². The topological polar surface area (TPSA) is 116 Å². The van der Waals surface area contributed by atoms with Crippen molar-refractivity contribution in [3.05, 3.63) is 23.3 Å². The zero-order valence-electron chi connectivity index (χ0n) is 17.3. The van der Waals surface area contributed by atoms with Crippen LogP contribution in [0.15, 0.2) is 12.1 Å². The summed E-state index contributed by atoms with van der Waals surface area (Å²) in [5, 5.41) is 9.21. The van der Waals surface area contributed by atoms with Crippen LogP contribution in [0.25, 0.3) is 0 Å². The molecule has 0 fully saturated rings. The predicted octanol–water partition coefficient (Wildman–Crippen LogP) is 2.89. The Labute approximate surface area is 166 Å². The molecule has 0 aliphatic rings. The Morgan fingerprint density at radius 1 is 1.07 bits per heavy atom. The van der Waals surface area contributed by atoms with E-state index in [9.17, 15) is 19.5 Å². The van der Waals surface area contributed by atoms with Crippen LogP contribution in [0.2, 0.25) is 0 Å². The molecule has 7 nitrogen and oxygen atoms in total. The molecular formula is C21H31NO6. The number of ether oxygens (including phenoxy) is 2. The van der Waals surface area contributed by atoms with Crippen LogP contribution in [0.4, 0.5) is 0 Å². The fourth-order valence-corrected chi connectivity index (χ4v) is 2.91. The molecule has 0 radical (unpaired) electrons. The summed E-state index contributed by atoms with van der Waals surface area (Å²) in [7, 11) is 0. The Balaban J connectivity index is 2.76. The van der Waals surface area contributed by atoms with Crippen molar-refractivity contribution in [2.75, 3.05) is 13.2 Å². The van der Waals surface area contributed by atoms with Gasteiger partial charge in [0.1, 0.15) is 17.3 Å². The van der Waals surface area contributed by atoms with E-state index in [4.69, 9.17) is 15.2 Å². The number of esters is 1. The minimum atomic E-state index is -1.01. The summed E-state index contributed by atoms with van der Waals surface area (Å²) in [6.07, 6.45) is 0.181. The van der Waals surface area contributed by atoms with Gasteiger partial charge >= 0.3 is 11.9 Å². The lowest BCUT2D eigenvalue weighted by Gasteiger charge is -2.18. The number of carbonyl (C=O) groups excluding carboxylic acids is 2. The molecule has 0 spiro atoms. The molecule has 0 bridgehead atoms. The number of nitrogens with two attached hydrogens (primary N) is 1. The van der Waals surface area contributed by atoms with Crippen LogP contribution in [0.3, 0.4) is 0 Å². The summed E-state index contributed by atoms with van der Waals surface area (Å²) in [5.41, 5.74) is 6.91. The largest absolute Gasteiger partial charge is 0.493 e. The fraction of sp³-hybridized carbons (Fsp3) is 0.571. The average Bonchev–Trinajstić information content (AvgIpc) is 2.58. The number of hydrogen-bond donors (Lipinski definition) is 2. The van der Waals surface area contributed by atoms with Crippen molar-refractivity contribution >= 4 is 17.7 Å². The number of Topliss-reactive ketones (excluding diaryl/α,β-unsaturated/α-hetero) is 1. The van der Waals surface area contributed by atoms with Gasteiger partial charge in [0.25, 0.3) is 0 Å². The van der Waals surface area contributed by atoms with Gasteiger partial charge in [-0.2, -0.15) is 0 Å². The van der Waals surface area contributed by atoms with Crippen molar-refractivity contribution < 1.29 is 29.0 Å². The lowest BCUT2D eigenvalue weighted by Crippen LogP contribution is -2.25. The highest BCUT2D eigenvalue weighted by molar-refractivity contribution is 5.80. The van der Waals surface area contributed by atoms with Crippen molar-refractivity contribution in [1.29, 1.82) is 0 Å². The van der Waals surface area contributed by atoms with Gasteiger partial charge in [0.2, 0.25) is 0 Å². The van der Waals surface area contributed by atoms with Gasteiger partial charge in [-0.1, -0.05) is 20.8 Å².